The van der Waals surface area contributed by atoms with Gasteiger partial charge in [-0.1, -0.05) is 13.0 Å². The van der Waals surface area contributed by atoms with Gasteiger partial charge < -0.3 is 11.1 Å². The molecule has 6 nitrogen and oxygen atoms in total. The van der Waals surface area contributed by atoms with Gasteiger partial charge in [0, 0.05) is 18.8 Å². The molecule has 0 bridgehead atoms. The summed E-state index contributed by atoms with van der Waals surface area (Å²) in [4.78, 5) is 29.7. The number of imide groups is 1. The van der Waals surface area contributed by atoms with Gasteiger partial charge in [-0.25, -0.2) is 4.79 Å². The van der Waals surface area contributed by atoms with Crippen molar-refractivity contribution in [2.45, 2.75) is 31.8 Å². The van der Waals surface area contributed by atoms with Gasteiger partial charge in [0.05, 0.1) is 5.69 Å². The van der Waals surface area contributed by atoms with Gasteiger partial charge >= 0.3 is 6.03 Å². The van der Waals surface area contributed by atoms with Crippen LogP contribution in [-0.2, 0) is 10.3 Å². The number of aromatic nitrogens is 1. The minimum atomic E-state index is -1.11. The Morgan fingerprint density at radius 3 is 2.79 bits per heavy atom. The lowest BCUT2D eigenvalue weighted by atomic mass is 9.97. The number of pyridine rings is 1. The molecule has 1 aromatic rings. The molecule has 0 saturated carbocycles. The molecule has 0 spiro atoms. The zero-order valence-electron chi connectivity index (χ0n) is 11.1. The van der Waals surface area contributed by atoms with E-state index in [0.29, 0.717) is 12.1 Å². The van der Waals surface area contributed by atoms with E-state index in [1.54, 1.807) is 31.3 Å². The van der Waals surface area contributed by atoms with Crippen molar-refractivity contribution < 1.29 is 9.59 Å². The predicted molar refractivity (Wildman–Crippen MR) is 70.1 cm³/mol. The molecule has 2 atom stereocenters. The Kier molecular flexibility index (Phi) is 3.53. The Labute approximate surface area is 112 Å². The topological polar surface area (TPSA) is 88.3 Å². The molecule has 2 unspecified atom stereocenters. The van der Waals surface area contributed by atoms with Crippen LogP contribution in [0.4, 0.5) is 4.79 Å². The number of nitrogens with two attached hydrogens (primary N) is 1. The fraction of sp³-hybridized carbons (Fsp3) is 0.462. The highest BCUT2D eigenvalue weighted by atomic mass is 16.2. The van der Waals surface area contributed by atoms with Gasteiger partial charge in [0.2, 0.25) is 0 Å². The molecule has 0 aliphatic carbocycles. The van der Waals surface area contributed by atoms with E-state index in [0.717, 1.165) is 0 Å². The highest BCUT2D eigenvalue weighted by Crippen LogP contribution is 2.27. The molecular formula is C13H18N4O2. The van der Waals surface area contributed by atoms with Crippen molar-refractivity contribution in [2.75, 3.05) is 6.54 Å². The first-order valence-corrected chi connectivity index (χ1v) is 6.30. The van der Waals surface area contributed by atoms with Crippen molar-refractivity contribution in [3.05, 3.63) is 30.1 Å². The molecule has 1 fully saturated rings. The van der Waals surface area contributed by atoms with E-state index in [9.17, 15) is 9.59 Å². The van der Waals surface area contributed by atoms with Crippen LogP contribution in [0, 0.1) is 0 Å². The molecule has 0 aromatic carbocycles. The molecule has 1 aromatic heterocycles. The van der Waals surface area contributed by atoms with Gasteiger partial charge in [-0.05, 0) is 25.5 Å². The zero-order chi connectivity index (χ0) is 14.0. The van der Waals surface area contributed by atoms with Crippen LogP contribution in [0.15, 0.2) is 24.4 Å². The maximum absolute atomic E-state index is 12.4. The number of urea groups is 1. The zero-order valence-corrected chi connectivity index (χ0v) is 11.1. The summed E-state index contributed by atoms with van der Waals surface area (Å²) >= 11 is 0. The Morgan fingerprint density at radius 1 is 1.47 bits per heavy atom. The van der Waals surface area contributed by atoms with Crippen LogP contribution in [0.25, 0.3) is 0 Å². The van der Waals surface area contributed by atoms with Crippen molar-refractivity contribution in [2.24, 2.45) is 5.73 Å². The Morgan fingerprint density at radius 2 is 2.21 bits per heavy atom. The average Bonchev–Trinajstić information content (AvgIpc) is 2.64. The lowest BCUT2D eigenvalue weighted by Crippen LogP contribution is -2.43. The molecule has 1 saturated heterocycles. The number of hydrogen-bond donors (Lipinski definition) is 2. The van der Waals surface area contributed by atoms with Gasteiger partial charge in [0.25, 0.3) is 5.91 Å². The minimum absolute atomic E-state index is 0.208. The number of carbonyl (C=O) groups excluding carboxylic acids is 2. The molecular weight excluding hydrogens is 244 g/mol. The summed E-state index contributed by atoms with van der Waals surface area (Å²) in [6.45, 7) is 3.80. The van der Waals surface area contributed by atoms with Crippen LogP contribution < -0.4 is 11.1 Å². The maximum Gasteiger partial charge on any atom is 0.325 e. The van der Waals surface area contributed by atoms with E-state index in [2.05, 4.69) is 10.3 Å². The second-order valence-electron chi connectivity index (χ2n) is 4.85. The second-order valence-corrected chi connectivity index (χ2v) is 4.85. The van der Waals surface area contributed by atoms with E-state index in [4.69, 9.17) is 5.73 Å². The quantitative estimate of drug-likeness (QED) is 0.777. The molecule has 1 aliphatic heterocycles. The molecule has 2 heterocycles. The Bertz CT molecular complexity index is 491. The normalized spacial score (nSPS) is 24.5. The van der Waals surface area contributed by atoms with Gasteiger partial charge in [0.1, 0.15) is 0 Å². The van der Waals surface area contributed by atoms with Crippen LogP contribution in [0.5, 0.6) is 0 Å². The fourth-order valence-corrected chi connectivity index (χ4v) is 2.06. The van der Waals surface area contributed by atoms with E-state index in [-0.39, 0.29) is 18.5 Å². The van der Waals surface area contributed by atoms with Crippen molar-refractivity contribution in [1.82, 2.24) is 15.2 Å². The standard InChI is InChI=1S/C13H18N4O2/c1-3-9(14)8-17-11(18)13(2,16-12(17)19)10-6-4-5-7-15-10/h4-7,9H,3,8,14H2,1-2H3,(H,16,19). The van der Waals surface area contributed by atoms with E-state index in [1.807, 2.05) is 6.92 Å². The molecule has 1 aliphatic rings. The largest absolute Gasteiger partial charge is 0.326 e. The summed E-state index contributed by atoms with van der Waals surface area (Å²) in [5.41, 5.74) is 5.24. The van der Waals surface area contributed by atoms with Gasteiger partial charge in [0.15, 0.2) is 5.54 Å². The van der Waals surface area contributed by atoms with Crippen molar-refractivity contribution in [1.29, 1.82) is 0 Å². The maximum atomic E-state index is 12.4. The lowest BCUT2D eigenvalue weighted by molar-refractivity contribution is -0.131. The van der Waals surface area contributed by atoms with Crippen molar-refractivity contribution >= 4 is 11.9 Å². The highest BCUT2D eigenvalue weighted by molar-refractivity contribution is 6.07. The number of rotatable bonds is 4. The van der Waals surface area contributed by atoms with Crippen molar-refractivity contribution in [3.63, 3.8) is 0 Å². The summed E-state index contributed by atoms with van der Waals surface area (Å²) in [6.07, 6.45) is 2.30. The summed E-state index contributed by atoms with van der Waals surface area (Å²) in [6, 6.07) is 4.65. The first kappa shape index (κ1) is 13.5. The number of nitrogens with zero attached hydrogens (tertiary/aromatic N) is 2. The molecule has 3 amide bonds. The average molecular weight is 262 g/mol. The minimum Gasteiger partial charge on any atom is -0.326 e. The number of amides is 3. The predicted octanol–water partition coefficient (Wildman–Crippen LogP) is 0.586. The first-order valence-electron chi connectivity index (χ1n) is 6.30. The molecule has 102 valence electrons. The third kappa shape index (κ3) is 2.31. The van der Waals surface area contributed by atoms with Crippen LogP contribution >= 0.6 is 0 Å². The summed E-state index contributed by atoms with van der Waals surface area (Å²) in [7, 11) is 0. The SMILES string of the molecule is CCC(N)CN1C(=O)NC(C)(c2ccccn2)C1=O. The highest BCUT2D eigenvalue weighted by Gasteiger charge is 2.49. The third-order valence-electron chi connectivity index (χ3n) is 3.39. The van der Waals surface area contributed by atoms with E-state index in [1.165, 1.54) is 4.90 Å². The van der Waals surface area contributed by atoms with Gasteiger partial charge in [-0.15, -0.1) is 0 Å². The number of nitrogens with one attached hydrogen (secondary N) is 1. The first-order chi connectivity index (χ1) is 8.99. The van der Waals surface area contributed by atoms with Crippen molar-refractivity contribution in [3.8, 4) is 0 Å². The van der Waals surface area contributed by atoms with Crippen LogP contribution in [0.2, 0.25) is 0 Å². The van der Waals surface area contributed by atoms with Crippen LogP contribution in [-0.4, -0.2) is 34.4 Å². The van der Waals surface area contributed by atoms with Gasteiger partial charge in [-0.2, -0.15) is 0 Å². The third-order valence-corrected chi connectivity index (χ3v) is 3.39. The molecule has 6 heteroatoms. The molecule has 0 radical (unpaired) electrons. The lowest BCUT2D eigenvalue weighted by Gasteiger charge is -2.21. The smallest absolute Gasteiger partial charge is 0.325 e. The molecule has 19 heavy (non-hydrogen) atoms. The molecule has 3 N–H and O–H groups in total. The second kappa shape index (κ2) is 4.97. The van der Waals surface area contributed by atoms with E-state index < -0.39 is 11.6 Å². The number of hydrogen-bond acceptors (Lipinski definition) is 4. The summed E-state index contributed by atoms with van der Waals surface area (Å²) in [5.74, 6) is -0.305. The summed E-state index contributed by atoms with van der Waals surface area (Å²) in [5, 5.41) is 2.70. The Hall–Kier alpha value is -1.95. The van der Waals surface area contributed by atoms with Crippen LogP contribution in [0.3, 0.4) is 0 Å². The van der Waals surface area contributed by atoms with Gasteiger partial charge in [-0.3, -0.25) is 14.7 Å². The molecule has 2 rings (SSSR count). The number of carbonyl (C=O) groups is 2. The summed E-state index contributed by atoms with van der Waals surface area (Å²) < 4.78 is 0. The van der Waals surface area contributed by atoms with Crippen LogP contribution in [0.1, 0.15) is 26.0 Å². The monoisotopic (exact) mass is 262 g/mol. The fourth-order valence-electron chi connectivity index (χ4n) is 2.06. The van der Waals surface area contributed by atoms with E-state index >= 15 is 0 Å². The Balaban J connectivity index is 2.27.